The number of phenolic OH excluding ortho intramolecular Hbond substituents is 1. The molecule has 0 atom stereocenters. The molecule has 0 aliphatic heterocycles. The Kier molecular flexibility index (Phi) is 4.63. The summed E-state index contributed by atoms with van der Waals surface area (Å²) in [4.78, 5) is 0. The van der Waals surface area contributed by atoms with Gasteiger partial charge in [-0.2, -0.15) is 26.3 Å². The maximum atomic E-state index is 13.0. The Bertz CT molecular complexity index is 736. The fourth-order valence-electron chi connectivity index (χ4n) is 1.93. The van der Waals surface area contributed by atoms with Crippen LogP contribution in [0.25, 0.3) is 0 Å². The average Bonchev–Trinajstić information content (AvgIpc) is 2.43. The highest BCUT2D eigenvalue weighted by molar-refractivity contribution is 5.39. The molecule has 0 amide bonds. The second kappa shape index (κ2) is 6.21. The highest BCUT2D eigenvalue weighted by Gasteiger charge is 2.34. The Balaban J connectivity index is 2.28. The van der Waals surface area contributed by atoms with E-state index in [4.69, 9.17) is 4.74 Å². The highest BCUT2D eigenvalue weighted by atomic mass is 19.4. The van der Waals surface area contributed by atoms with Crippen molar-refractivity contribution in [1.82, 2.24) is 0 Å². The van der Waals surface area contributed by atoms with Crippen molar-refractivity contribution in [2.75, 3.05) is 0 Å². The number of alkyl halides is 6. The van der Waals surface area contributed by atoms with Crippen LogP contribution in [0, 0.1) is 5.82 Å². The van der Waals surface area contributed by atoms with E-state index in [2.05, 4.69) is 0 Å². The van der Waals surface area contributed by atoms with Crippen molar-refractivity contribution in [3.63, 3.8) is 0 Å². The smallest absolute Gasteiger partial charge is 0.416 e. The molecule has 2 aromatic carbocycles. The van der Waals surface area contributed by atoms with Gasteiger partial charge in [0.05, 0.1) is 11.1 Å². The quantitative estimate of drug-likeness (QED) is 0.773. The van der Waals surface area contributed by atoms with Gasteiger partial charge in [-0.15, -0.1) is 0 Å². The molecule has 130 valence electrons. The van der Waals surface area contributed by atoms with E-state index in [0.29, 0.717) is 12.1 Å². The van der Waals surface area contributed by atoms with Gasteiger partial charge >= 0.3 is 12.4 Å². The molecule has 2 nitrogen and oxygen atoms in total. The summed E-state index contributed by atoms with van der Waals surface area (Å²) in [6.07, 6.45) is -9.61. The van der Waals surface area contributed by atoms with Crippen LogP contribution in [-0.2, 0) is 19.0 Å². The van der Waals surface area contributed by atoms with Crippen molar-refractivity contribution >= 4 is 0 Å². The summed E-state index contributed by atoms with van der Waals surface area (Å²) in [6, 6.07) is 3.68. The van der Waals surface area contributed by atoms with Gasteiger partial charge in [0.25, 0.3) is 0 Å². The maximum absolute atomic E-state index is 13.0. The first-order valence-corrected chi connectivity index (χ1v) is 6.36. The number of phenols is 1. The van der Waals surface area contributed by atoms with Crippen molar-refractivity contribution in [3.05, 3.63) is 58.9 Å². The lowest BCUT2D eigenvalue weighted by atomic mass is 10.1. The molecule has 0 fully saturated rings. The summed E-state index contributed by atoms with van der Waals surface area (Å²) in [5.74, 6) is -2.34. The van der Waals surface area contributed by atoms with Crippen molar-refractivity contribution in [2.24, 2.45) is 0 Å². The average molecular weight is 354 g/mol. The minimum Gasteiger partial charge on any atom is -0.508 e. The van der Waals surface area contributed by atoms with Gasteiger partial charge in [0.2, 0.25) is 0 Å². The second-order valence-corrected chi connectivity index (χ2v) is 4.80. The summed E-state index contributed by atoms with van der Waals surface area (Å²) in [6.45, 7) is -0.754. The monoisotopic (exact) mass is 354 g/mol. The van der Waals surface area contributed by atoms with E-state index < -0.39 is 53.0 Å². The third-order valence-electron chi connectivity index (χ3n) is 2.99. The van der Waals surface area contributed by atoms with Gasteiger partial charge in [-0.3, -0.25) is 0 Å². The van der Waals surface area contributed by atoms with E-state index >= 15 is 0 Å². The molecule has 1 N–H and O–H groups in total. The standard InChI is InChI=1S/C15H9F7O2/c16-10-2-1-8(13(5-10)15(20,21)22)7-24-12-4-9(14(17,18)19)3-11(23)6-12/h1-6,23H,7H2. The zero-order valence-electron chi connectivity index (χ0n) is 11.7. The summed E-state index contributed by atoms with van der Waals surface area (Å²) in [5, 5.41) is 9.27. The number of hydrogen-bond acceptors (Lipinski definition) is 2. The molecule has 24 heavy (non-hydrogen) atoms. The lowest BCUT2D eigenvalue weighted by molar-refractivity contribution is -0.139. The van der Waals surface area contributed by atoms with Crippen molar-refractivity contribution in [1.29, 1.82) is 0 Å². The summed E-state index contributed by atoms with van der Waals surface area (Å²) in [7, 11) is 0. The molecular formula is C15H9F7O2. The van der Waals surface area contributed by atoms with Crippen molar-refractivity contribution < 1.29 is 40.6 Å². The van der Waals surface area contributed by atoms with Crippen molar-refractivity contribution in [2.45, 2.75) is 19.0 Å². The van der Waals surface area contributed by atoms with Crippen LogP contribution in [0.2, 0.25) is 0 Å². The SMILES string of the molecule is Oc1cc(OCc2ccc(F)cc2C(F)(F)F)cc(C(F)(F)F)c1. The van der Waals surface area contributed by atoms with Gasteiger partial charge in [-0.1, -0.05) is 6.07 Å². The van der Waals surface area contributed by atoms with Gasteiger partial charge in [0, 0.05) is 11.6 Å². The van der Waals surface area contributed by atoms with Crippen molar-refractivity contribution in [3.8, 4) is 11.5 Å². The molecule has 2 aromatic rings. The van der Waals surface area contributed by atoms with Crippen LogP contribution in [0.1, 0.15) is 16.7 Å². The number of ether oxygens (including phenoxy) is 1. The molecular weight excluding hydrogens is 345 g/mol. The minimum absolute atomic E-state index is 0.266. The van der Waals surface area contributed by atoms with Crippen LogP contribution in [-0.4, -0.2) is 5.11 Å². The Hall–Kier alpha value is -2.45. The first kappa shape index (κ1) is 17.9. The predicted molar refractivity (Wildman–Crippen MR) is 68.8 cm³/mol. The molecule has 0 bridgehead atoms. The predicted octanol–water partition coefficient (Wildman–Crippen LogP) is 5.15. The lowest BCUT2D eigenvalue weighted by Crippen LogP contribution is -2.12. The molecule has 0 unspecified atom stereocenters. The third-order valence-corrected chi connectivity index (χ3v) is 2.99. The minimum atomic E-state index is -4.85. The molecule has 0 aliphatic carbocycles. The van der Waals surface area contributed by atoms with Gasteiger partial charge in [-0.05, 0) is 24.3 Å². The Morgan fingerprint density at radius 3 is 2.12 bits per heavy atom. The van der Waals surface area contributed by atoms with Crippen LogP contribution < -0.4 is 4.74 Å². The largest absolute Gasteiger partial charge is 0.508 e. The van der Waals surface area contributed by atoms with E-state index in [0.717, 1.165) is 18.2 Å². The number of halogens is 7. The summed E-state index contributed by atoms with van der Waals surface area (Å²) >= 11 is 0. The molecule has 0 saturated heterocycles. The molecule has 2 rings (SSSR count). The Morgan fingerprint density at radius 2 is 1.54 bits per heavy atom. The van der Waals surface area contributed by atoms with Crippen LogP contribution >= 0.6 is 0 Å². The third kappa shape index (κ3) is 4.30. The number of benzene rings is 2. The Morgan fingerprint density at radius 1 is 0.875 bits per heavy atom. The highest BCUT2D eigenvalue weighted by Crippen LogP contribution is 2.36. The first-order chi connectivity index (χ1) is 11.0. The van der Waals surface area contributed by atoms with Gasteiger partial charge in [0.1, 0.15) is 23.9 Å². The van der Waals surface area contributed by atoms with E-state index in [1.54, 1.807) is 0 Å². The topological polar surface area (TPSA) is 29.5 Å². The van der Waals surface area contributed by atoms with E-state index in [-0.39, 0.29) is 6.07 Å². The normalized spacial score (nSPS) is 12.3. The lowest BCUT2D eigenvalue weighted by Gasteiger charge is -2.15. The van der Waals surface area contributed by atoms with E-state index in [1.807, 2.05) is 0 Å². The van der Waals surface area contributed by atoms with Gasteiger partial charge in [0.15, 0.2) is 0 Å². The molecule has 0 spiro atoms. The van der Waals surface area contributed by atoms with Gasteiger partial charge in [-0.25, -0.2) is 4.39 Å². The molecule has 0 aromatic heterocycles. The van der Waals surface area contributed by atoms with E-state index in [9.17, 15) is 35.8 Å². The second-order valence-electron chi connectivity index (χ2n) is 4.80. The van der Waals surface area contributed by atoms with Crippen LogP contribution in [0.4, 0.5) is 30.7 Å². The van der Waals surface area contributed by atoms with Crippen LogP contribution in [0.15, 0.2) is 36.4 Å². The summed E-state index contributed by atoms with van der Waals surface area (Å²) < 4.78 is 94.2. The Labute approximate surface area is 131 Å². The van der Waals surface area contributed by atoms with Crippen LogP contribution in [0.3, 0.4) is 0 Å². The fraction of sp³-hybridized carbons (Fsp3) is 0.200. The zero-order chi connectivity index (χ0) is 18.1. The zero-order valence-corrected chi connectivity index (χ0v) is 11.7. The molecule has 0 radical (unpaired) electrons. The molecule has 9 heteroatoms. The van der Waals surface area contributed by atoms with E-state index in [1.165, 1.54) is 0 Å². The van der Waals surface area contributed by atoms with Gasteiger partial charge < -0.3 is 9.84 Å². The number of rotatable bonds is 3. The molecule has 0 aliphatic rings. The molecule has 0 heterocycles. The number of hydrogen-bond donors (Lipinski definition) is 1. The fourth-order valence-corrected chi connectivity index (χ4v) is 1.93. The number of aromatic hydroxyl groups is 1. The summed E-state index contributed by atoms with van der Waals surface area (Å²) in [5.41, 5.74) is -2.97. The maximum Gasteiger partial charge on any atom is 0.416 e. The first-order valence-electron chi connectivity index (χ1n) is 6.36. The molecule has 0 saturated carbocycles. The van der Waals surface area contributed by atoms with Crippen LogP contribution in [0.5, 0.6) is 11.5 Å².